The number of hydrogen-bond acceptors (Lipinski definition) is 4. The summed E-state index contributed by atoms with van der Waals surface area (Å²) < 4.78 is 56.9. The van der Waals surface area contributed by atoms with Crippen LogP contribution in [0.25, 0.3) is 0 Å². The monoisotopic (exact) mass is 348 g/mol. The lowest BCUT2D eigenvalue weighted by Gasteiger charge is -2.30. The van der Waals surface area contributed by atoms with E-state index < -0.39 is 22.7 Å². The average Bonchev–Trinajstić information content (AvgIpc) is 2.53. The van der Waals surface area contributed by atoms with Gasteiger partial charge in [-0.2, -0.15) is 8.78 Å². The van der Waals surface area contributed by atoms with E-state index in [4.69, 9.17) is 5.73 Å². The summed E-state index contributed by atoms with van der Waals surface area (Å²) >= 11 is 0. The Bertz CT molecular complexity index is 604. The van der Waals surface area contributed by atoms with Gasteiger partial charge in [-0.25, -0.2) is 13.1 Å². The van der Waals surface area contributed by atoms with Gasteiger partial charge in [0.25, 0.3) is 0 Å². The number of nitrogens with two attached hydrogens (primary N) is 1. The van der Waals surface area contributed by atoms with Crippen molar-refractivity contribution in [2.24, 2.45) is 11.7 Å². The largest absolute Gasteiger partial charge is 0.433 e. The summed E-state index contributed by atoms with van der Waals surface area (Å²) in [5.74, 6) is -0.193. The summed E-state index contributed by atoms with van der Waals surface area (Å²) in [5, 5.41) is 0. The van der Waals surface area contributed by atoms with Gasteiger partial charge in [0.05, 0.1) is 0 Å². The maximum Gasteiger partial charge on any atom is 0.387 e. The SMILES string of the molecule is NCC(NS(=O)(=O)c1ccccc1OC(F)F)C1CCCCC1. The van der Waals surface area contributed by atoms with Crippen molar-refractivity contribution in [1.29, 1.82) is 0 Å². The first-order valence-electron chi connectivity index (χ1n) is 7.70. The maximum atomic E-state index is 12.6. The molecule has 1 aromatic carbocycles. The van der Waals surface area contributed by atoms with Crippen LogP contribution < -0.4 is 15.2 Å². The normalized spacial score (nSPS) is 18.1. The molecule has 5 nitrogen and oxygen atoms in total. The second-order valence-electron chi connectivity index (χ2n) is 5.69. The second kappa shape index (κ2) is 8.03. The predicted octanol–water partition coefficient (Wildman–Crippen LogP) is 2.47. The summed E-state index contributed by atoms with van der Waals surface area (Å²) in [6.07, 6.45) is 5.08. The van der Waals surface area contributed by atoms with E-state index in [1.54, 1.807) is 0 Å². The molecule has 0 radical (unpaired) electrons. The van der Waals surface area contributed by atoms with E-state index in [1.165, 1.54) is 24.3 Å². The molecule has 0 aliphatic heterocycles. The Balaban J connectivity index is 2.20. The number of halogens is 2. The maximum absolute atomic E-state index is 12.6. The van der Waals surface area contributed by atoms with Gasteiger partial charge in [0.2, 0.25) is 10.0 Å². The molecule has 0 bridgehead atoms. The van der Waals surface area contributed by atoms with Gasteiger partial charge in [0.15, 0.2) is 0 Å². The highest BCUT2D eigenvalue weighted by Gasteiger charge is 2.29. The van der Waals surface area contributed by atoms with Crippen molar-refractivity contribution in [2.45, 2.75) is 49.7 Å². The van der Waals surface area contributed by atoms with E-state index in [2.05, 4.69) is 9.46 Å². The molecule has 0 spiro atoms. The fraction of sp³-hybridized carbons (Fsp3) is 0.600. The number of sulfonamides is 1. The van der Waals surface area contributed by atoms with Gasteiger partial charge in [-0.05, 0) is 30.9 Å². The first-order valence-corrected chi connectivity index (χ1v) is 9.18. The van der Waals surface area contributed by atoms with Crippen molar-refractivity contribution in [3.8, 4) is 5.75 Å². The molecule has 130 valence electrons. The lowest BCUT2D eigenvalue weighted by atomic mass is 9.84. The predicted molar refractivity (Wildman–Crippen MR) is 82.8 cm³/mol. The topological polar surface area (TPSA) is 81.4 Å². The third-order valence-electron chi connectivity index (χ3n) is 4.13. The van der Waals surface area contributed by atoms with Crippen molar-refractivity contribution in [1.82, 2.24) is 4.72 Å². The number of benzene rings is 1. The Morgan fingerprint density at radius 3 is 2.48 bits per heavy atom. The molecule has 0 heterocycles. The fourth-order valence-electron chi connectivity index (χ4n) is 3.00. The van der Waals surface area contributed by atoms with Gasteiger partial charge in [-0.3, -0.25) is 0 Å². The molecular weight excluding hydrogens is 326 g/mol. The summed E-state index contributed by atoms with van der Waals surface area (Å²) in [6, 6.07) is 4.95. The number of ether oxygens (including phenoxy) is 1. The van der Waals surface area contributed by atoms with Crippen LogP contribution >= 0.6 is 0 Å². The first-order chi connectivity index (χ1) is 10.9. The van der Waals surface area contributed by atoms with Crippen LogP contribution in [0.5, 0.6) is 5.75 Å². The summed E-state index contributed by atoms with van der Waals surface area (Å²) in [5.41, 5.74) is 5.73. The molecule has 1 aliphatic carbocycles. The molecule has 1 aromatic rings. The minimum atomic E-state index is -3.99. The van der Waals surface area contributed by atoms with Crippen LogP contribution in [0.4, 0.5) is 8.78 Å². The molecule has 1 unspecified atom stereocenters. The Labute approximate surface area is 135 Å². The summed E-state index contributed by atoms with van der Waals surface area (Å²) in [4.78, 5) is -0.297. The van der Waals surface area contributed by atoms with Crippen LogP contribution in [0, 0.1) is 5.92 Å². The summed E-state index contributed by atoms with van der Waals surface area (Å²) in [6.45, 7) is -2.92. The molecule has 3 N–H and O–H groups in total. The van der Waals surface area contributed by atoms with E-state index >= 15 is 0 Å². The van der Waals surface area contributed by atoms with Crippen LogP contribution in [0.2, 0.25) is 0 Å². The van der Waals surface area contributed by atoms with Gasteiger partial charge in [-0.1, -0.05) is 31.4 Å². The van der Waals surface area contributed by atoms with Crippen LogP contribution in [0.1, 0.15) is 32.1 Å². The Morgan fingerprint density at radius 2 is 1.87 bits per heavy atom. The van der Waals surface area contributed by atoms with Crippen molar-refractivity contribution in [3.63, 3.8) is 0 Å². The van der Waals surface area contributed by atoms with Gasteiger partial charge in [0.1, 0.15) is 10.6 Å². The zero-order valence-electron chi connectivity index (χ0n) is 12.8. The van der Waals surface area contributed by atoms with Crippen LogP contribution in [-0.4, -0.2) is 27.6 Å². The standard InChI is InChI=1S/C15H22F2N2O3S/c16-15(17)22-13-8-4-5-9-14(13)23(20,21)19-12(10-18)11-6-2-1-3-7-11/h4-5,8-9,11-12,15,19H,1-3,6-7,10,18H2. The van der Waals surface area contributed by atoms with Crippen LogP contribution in [0.15, 0.2) is 29.2 Å². The van der Waals surface area contributed by atoms with Gasteiger partial charge < -0.3 is 10.5 Å². The molecule has 0 amide bonds. The number of rotatable bonds is 7. The third-order valence-corrected chi connectivity index (χ3v) is 5.66. The zero-order valence-corrected chi connectivity index (χ0v) is 13.6. The third kappa shape index (κ3) is 4.86. The minimum Gasteiger partial charge on any atom is -0.433 e. The van der Waals surface area contributed by atoms with Gasteiger partial charge >= 0.3 is 6.61 Å². The Morgan fingerprint density at radius 1 is 1.22 bits per heavy atom. The fourth-order valence-corrected chi connectivity index (χ4v) is 4.45. The minimum absolute atomic E-state index is 0.168. The molecule has 1 aliphatic rings. The molecule has 23 heavy (non-hydrogen) atoms. The lowest BCUT2D eigenvalue weighted by molar-refractivity contribution is -0.0517. The summed E-state index contributed by atoms with van der Waals surface area (Å²) in [7, 11) is -3.99. The number of para-hydroxylation sites is 1. The Kier molecular flexibility index (Phi) is 6.32. The number of nitrogens with one attached hydrogen (secondary N) is 1. The van der Waals surface area contributed by atoms with E-state index in [0.29, 0.717) is 0 Å². The highest BCUT2D eigenvalue weighted by atomic mass is 32.2. The van der Waals surface area contributed by atoms with Crippen molar-refractivity contribution in [3.05, 3.63) is 24.3 Å². The smallest absolute Gasteiger partial charge is 0.387 e. The molecule has 0 saturated heterocycles. The molecule has 1 atom stereocenters. The molecular formula is C15H22F2N2O3S. The Hall–Kier alpha value is -1.25. The first kappa shape index (κ1) is 18.1. The van der Waals surface area contributed by atoms with Crippen LogP contribution in [-0.2, 0) is 10.0 Å². The number of hydrogen-bond donors (Lipinski definition) is 2. The van der Waals surface area contributed by atoms with Gasteiger partial charge in [0, 0.05) is 12.6 Å². The zero-order chi connectivity index (χ0) is 16.9. The van der Waals surface area contributed by atoms with Crippen molar-refractivity contribution < 1.29 is 21.9 Å². The molecule has 0 aromatic heterocycles. The molecule has 1 fully saturated rings. The van der Waals surface area contributed by atoms with Gasteiger partial charge in [-0.15, -0.1) is 0 Å². The van der Waals surface area contributed by atoms with Crippen molar-refractivity contribution in [2.75, 3.05) is 6.54 Å². The van der Waals surface area contributed by atoms with E-state index in [0.717, 1.165) is 32.1 Å². The van der Waals surface area contributed by atoms with Crippen molar-refractivity contribution >= 4 is 10.0 Å². The van der Waals surface area contributed by atoms with E-state index in [-0.39, 0.29) is 23.1 Å². The molecule has 8 heteroatoms. The highest BCUT2D eigenvalue weighted by molar-refractivity contribution is 7.89. The highest BCUT2D eigenvalue weighted by Crippen LogP contribution is 2.29. The average molecular weight is 348 g/mol. The van der Waals surface area contributed by atoms with E-state index in [1.807, 2.05) is 0 Å². The van der Waals surface area contributed by atoms with Crippen LogP contribution in [0.3, 0.4) is 0 Å². The molecule has 1 saturated carbocycles. The second-order valence-corrected chi connectivity index (χ2v) is 7.37. The number of alkyl halides is 2. The lowest BCUT2D eigenvalue weighted by Crippen LogP contribution is -2.45. The molecule has 2 rings (SSSR count). The van der Waals surface area contributed by atoms with E-state index in [9.17, 15) is 17.2 Å². The quantitative estimate of drug-likeness (QED) is 0.793.